The molecule has 0 radical (unpaired) electrons. The number of rotatable bonds is 7. The van der Waals surface area contributed by atoms with Crippen LogP contribution in [0.5, 0.6) is 5.75 Å². The van der Waals surface area contributed by atoms with Crippen LogP contribution in [0.1, 0.15) is 30.4 Å². The molecule has 0 bridgehead atoms. The maximum atomic E-state index is 12.4. The number of halogens is 2. The van der Waals surface area contributed by atoms with Crippen molar-refractivity contribution in [2.24, 2.45) is 5.73 Å². The number of carbonyl (C=O) groups excluding carboxylic acids is 1. The molecule has 9 heteroatoms. The van der Waals surface area contributed by atoms with Gasteiger partial charge < -0.3 is 15.2 Å². The van der Waals surface area contributed by atoms with Gasteiger partial charge in [0.25, 0.3) is 0 Å². The Kier molecular flexibility index (Phi) is 7.08. The van der Waals surface area contributed by atoms with E-state index in [9.17, 15) is 4.79 Å². The summed E-state index contributed by atoms with van der Waals surface area (Å²) in [5.41, 5.74) is 7.67. The predicted molar refractivity (Wildman–Crippen MR) is 126 cm³/mol. The van der Waals surface area contributed by atoms with Gasteiger partial charge in [0.15, 0.2) is 6.10 Å². The number of hydrogen-bond donors (Lipinski definition) is 2. The monoisotopic (exact) mass is 476 g/mol. The molecule has 0 aliphatic carbocycles. The number of likely N-dealkylation sites (tertiary alicyclic amines) is 1. The van der Waals surface area contributed by atoms with Crippen molar-refractivity contribution in [2.75, 3.05) is 31.1 Å². The van der Waals surface area contributed by atoms with Crippen LogP contribution in [-0.4, -0.2) is 49.2 Å². The van der Waals surface area contributed by atoms with Crippen molar-refractivity contribution in [3.63, 3.8) is 0 Å². The molecule has 4 rings (SSSR count). The molecule has 2 aliphatic rings. The number of amidine groups is 1. The van der Waals surface area contributed by atoms with E-state index in [2.05, 4.69) is 4.90 Å². The lowest BCUT2D eigenvalue weighted by Gasteiger charge is -2.27. The van der Waals surface area contributed by atoms with Gasteiger partial charge in [-0.25, -0.2) is 4.79 Å². The highest BCUT2D eigenvalue weighted by molar-refractivity contribution is 6.35. The Morgan fingerprint density at radius 2 is 1.97 bits per heavy atom. The second-order valence-electron chi connectivity index (χ2n) is 8.10. The van der Waals surface area contributed by atoms with Crippen molar-refractivity contribution in [1.82, 2.24) is 4.90 Å². The molecule has 2 fully saturated rings. The number of nitrogens with two attached hydrogens (primary N) is 1. The highest BCUT2D eigenvalue weighted by Crippen LogP contribution is 2.34. The van der Waals surface area contributed by atoms with Crippen molar-refractivity contribution < 1.29 is 14.3 Å². The molecule has 1 amide bonds. The van der Waals surface area contributed by atoms with Gasteiger partial charge in [-0.05, 0) is 50.2 Å². The average Bonchev–Trinajstić information content (AvgIpc) is 3.14. The van der Waals surface area contributed by atoms with Gasteiger partial charge in [0, 0.05) is 28.4 Å². The number of anilines is 1. The van der Waals surface area contributed by atoms with Crippen molar-refractivity contribution in [1.29, 1.82) is 5.41 Å². The summed E-state index contributed by atoms with van der Waals surface area (Å²) in [7, 11) is 0. The van der Waals surface area contributed by atoms with Crippen LogP contribution in [0.15, 0.2) is 36.4 Å². The Balaban J connectivity index is 1.44. The molecule has 2 aromatic carbocycles. The van der Waals surface area contributed by atoms with Crippen LogP contribution in [-0.2, 0) is 11.3 Å². The molecule has 32 heavy (non-hydrogen) atoms. The lowest BCUT2D eigenvalue weighted by Crippen LogP contribution is -2.29. The Bertz CT molecular complexity index is 1010. The summed E-state index contributed by atoms with van der Waals surface area (Å²) in [5, 5.41) is 8.61. The van der Waals surface area contributed by atoms with Gasteiger partial charge in [-0.15, -0.1) is 0 Å². The largest absolute Gasteiger partial charge is 0.488 e. The normalized spacial score (nSPS) is 19.1. The third-order valence-electron chi connectivity index (χ3n) is 5.68. The van der Waals surface area contributed by atoms with Crippen LogP contribution >= 0.6 is 23.2 Å². The molecular formula is C23H26Cl2N4O3. The number of nitrogens with zero attached hydrogens (tertiary/aromatic N) is 2. The van der Waals surface area contributed by atoms with Gasteiger partial charge >= 0.3 is 6.09 Å². The maximum Gasteiger partial charge on any atom is 0.414 e. The molecule has 0 saturated carbocycles. The van der Waals surface area contributed by atoms with Crippen LogP contribution in [0.3, 0.4) is 0 Å². The van der Waals surface area contributed by atoms with E-state index >= 15 is 0 Å². The maximum absolute atomic E-state index is 12.4. The second-order valence-corrected chi connectivity index (χ2v) is 8.95. The topological polar surface area (TPSA) is 91.9 Å². The number of nitrogen functional groups attached to an aromatic ring is 1. The fourth-order valence-corrected chi connectivity index (χ4v) is 4.68. The summed E-state index contributed by atoms with van der Waals surface area (Å²) in [6.07, 6.45) is 2.70. The molecule has 2 heterocycles. The standard InChI is InChI=1S/C23H26Cl2N4O3/c24-17-9-16(12-28-7-2-1-3-8-28)21(20(25)11-17)31-14-19-13-29(23(30)32-19)18-6-4-5-15(10-18)22(26)27/h4-6,9-11,19H,1-3,7-8,12-14H2,(H3,26,27). The molecule has 2 aliphatic heterocycles. The fraction of sp³-hybridized carbons (Fsp3) is 0.391. The van der Waals surface area contributed by atoms with Crippen molar-refractivity contribution in [3.05, 3.63) is 57.6 Å². The van der Waals surface area contributed by atoms with Crippen molar-refractivity contribution in [2.45, 2.75) is 31.9 Å². The van der Waals surface area contributed by atoms with Crippen LogP contribution in [0.4, 0.5) is 10.5 Å². The summed E-state index contributed by atoms with van der Waals surface area (Å²) in [6, 6.07) is 10.5. The zero-order valence-corrected chi connectivity index (χ0v) is 19.2. The van der Waals surface area contributed by atoms with Crippen molar-refractivity contribution in [3.8, 4) is 5.75 Å². The Labute approximate surface area is 197 Å². The third kappa shape index (κ3) is 5.28. The summed E-state index contributed by atoms with van der Waals surface area (Å²) >= 11 is 12.7. The van der Waals surface area contributed by atoms with Gasteiger partial charge in [-0.1, -0.05) is 41.8 Å². The highest BCUT2D eigenvalue weighted by Gasteiger charge is 2.33. The van der Waals surface area contributed by atoms with E-state index in [0.29, 0.717) is 40.1 Å². The minimum absolute atomic E-state index is 0.0575. The van der Waals surface area contributed by atoms with Gasteiger partial charge in [0.1, 0.15) is 18.2 Å². The SMILES string of the molecule is N=C(N)c1cccc(N2CC(COc3c(Cl)cc(Cl)cc3CN3CCCCC3)OC2=O)c1. The molecule has 7 nitrogen and oxygen atoms in total. The van der Waals surface area contributed by atoms with E-state index in [1.165, 1.54) is 24.2 Å². The zero-order chi connectivity index (χ0) is 22.7. The first kappa shape index (κ1) is 22.7. The highest BCUT2D eigenvalue weighted by atomic mass is 35.5. The van der Waals surface area contributed by atoms with E-state index in [1.54, 1.807) is 30.3 Å². The molecule has 2 saturated heterocycles. The smallest absolute Gasteiger partial charge is 0.414 e. The van der Waals surface area contributed by atoms with Gasteiger partial charge in [0.05, 0.1) is 11.6 Å². The number of hydrogen-bond acceptors (Lipinski definition) is 5. The molecule has 0 aromatic heterocycles. The Morgan fingerprint density at radius 3 is 2.72 bits per heavy atom. The number of ether oxygens (including phenoxy) is 2. The molecule has 170 valence electrons. The first-order valence-electron chi connectivity index (χ1n) is 10.7. The third-order valence-corrected chi connectivity index (χ3v) is 6.18. The van der Waals surface area contributed by atoms with E-state index in [-0.39, 0.29) is 12.4 Å². The van der Waals surface area contributed by atoms with Crippen LogP contribution in [0, 0.1) is 5.41 Å². The lowest BCUT2D eigenvalue weighted by molar-refractivity contribution is 0.104. The van der Waals surface area contributed by atoms with Crippen LogP contribution < -0.4 is 15.4 Å². The number of amides is 1. The summed E-state index contributed by atoms with van der Waals surface area (Å²) in [4.78, 5) is 16.3. The fourth-order valence-electron chi connectivity index (χ4n) is 4.09. The zero-order valence-electron chi connectivity index (χ0n) is 17.7. The predicted octanol–water partition coefficient (Wildman–Crippen LogP) is 4.67. The average molecular weight is 477 g/mol. The molecule has 1 atom stereocenters. The number of nitrogens with one attached hydrogen (secondary N) is 1. The Morgan fingerprint density at radius 1 is 1.19 bits per heavy atom. The molecule has 1 unspecified atom stereocenters. The minimum atomic E-state index is -0.463. The van der Waals surface area contributed by atoms with Gasteiger partial charge in [-0.2, -0.15) is 0 Å². The number of carbonyl (C=O) groups is 1. The minimum Gasteiger partial charge on any atom is -0.488 e. The molecule has 0 spiro atoms. The van der Waals surface area contributed by atoms with Crippen molar-refractivity contribution >= 4 is 40.8 Å². The lowest BCUT2D eigenvalue weighted by atomic mass is 10.1. The molecular weight excluding hydrogens is 451 g/mol. The van der Waals surface area contributed by atoms with E-state index in [4.69, 9.17) is 43.8 Å². The van der Waals surface area contributed by atoms with Crippen LogP contribution in [0.25, 0.3) is 0 Å². The first-order chi connectivity index (χ1) is 15.4. The van der Waals surface area contributed by atoms with E-state index in [1.807, 2.05) is 6.07 Å². The van der Waals surface area contributed by atoms with Gasteiger partial charge in [0.2, 0.25) is 0 Å². The van der Waals surface area contributed by atoms with E-state index < -0.39 is 12.2 Å². The first-order valence-corrected chi connectivity index (χ1v) is 11.4. The van der Waals surface area contributed by atoms with E-state index in [0.717, 1.165) is 18.7 Å². The quantitative estimate of drug-likeness (QED) is 0.447. The number of piperidine rings is 1. The summed E-state index contributed by atoms with van der Waals surface area (Å²) in [6.45, 7) is 3.29. The second kappa shape index (κ2) is 9.98. The molecule has 2 aromatic rings. The van der Waals surface area contributed by atoms with Crippen LogP contribution in [0.2, 0.25) is 10.0 Å². The van der Waals surface area contributed by atoms with Gasteiger partial charge in [-0.3, -0.25) is 15.2 Å². The number of cyclic esters (lactones) is 1. The Hall–Kier alpha value is -2.48. The molecule has 3 N–H and O–H groups in total. The summed E-state index contributed by atoms with van der Waals surface area (Å²) in [5.74, 6) is 0.521. The number of benzene rings is 2. The summed E-state index contributed by atoms with van der Waals surface area (Å²) < 4.78 is 11.6.